The molecule has 7 nitrogen and oxygen atoms in total. The van der Waals surface area contributed by atoms with Crippen LogP contribution < -0.4 is 11.1 Å². The molecular formula is C22H23N3O4S2. The molecule has 0 atom stereocenters. The number of nitrogens with zero attached hydrogens (tertiary/aromatic N) is 1. The molecule has 0 fully saturated rings. The molecule has 0 radical (unpaired) electrons. The molecule has 0 aliphatic carbocycles. The largest absolute Gasteiger partial charge is 0.462 e. The van der Waals surface area contributed by atoms with E-state index in [4.69, 9.17) is 10.5 Å². The first-order valence-electron chi connectivity index (χ1n) is 9.58. The van der Waals surface area contributed by atoms with Gasteiger partial charge in [0.1, 0.15) is 10.6 Å². The Morgan fingerprint density at radius 3 is 2.65 bits per heavy atom. The molecule has 2 amide bonds. The van der Waals surface area contributed by atoms with Gasteiger partial charge in [0.2, 0.25) is 11.8 Å². The molecule has 0 aliphatic heterocycles. The van der Waals surface area contributed by atoms with Crippen LogP contribution in [0, 0.1) is 0 Å². The summed E-state index contributed by atoms with van der Waals surface area (Å²) in [5.74, 6) is -1.20. The SMILES string of the molecule is CCOC(=O)c1c(-c2cccs2)csc1NC(=O)CN(C)Cc1cccc(C(N)=O)c1. The fourth-order valence-electron chi connectivity index (χ4n) is 3.07. The van der Waals surface area contributed by atoms with Gasteiger partial charge in [-0.05, 0) is 43.1 Å². The monoisotopic (exact) mass is 457 g/mol. The molecule has 3 N–H and O–H groups in total. The molecule has 9 heteroatoms. The average molecular weight is 458 g/mol. The number of esters is 1. The second-order valence-corrected chi connectivity index (χ2v) is 8.66. The molecule has 1 aromatic carbocycles. The summed E-state index contributed by atoms with van der Waals surface area (Å²) >= 11 is 2.82. The van der Waals surface area contributed by atoms with Crippen LogP contribution in [0.4, 0.5) is 5.00 Å². The topological polar surface area (TPSA) is 102 Å². The lowest BCUT2D eigenvalue weighted by atomic mass is 10.1. The van der Waals surface area contributed by atoms with Crippen molar-refractivity contribution in [1.82, 2.24) is 4.90 Å². The molecule has 0 unspecified atom stereocenters. The van der Waals surface area contributed by atoms with E-state index in [0.29, 0.717) is 22.7 Å². The number of likely N-dealkylation sites (N-methyl/N-ethyl adjacent to an activating group) is 1. The van der Waals surface area contributed by atoms with Gasteiger partial charge in [-0.3, -0.25) is 14.5 Å². The van der Waals surface area contributed by atoms with E-state index >= 15 is 0 Å². The maximum Gasteiger partial charge on any atom is 0.341 e. The van der Waals surface area contributed by atoms with Crippen LogP contribution in [0.15, 0.2) is 47.2 Å². The molecule has 2 aromatic heterocycles. The Morgan fingerprint density at radius 2 is 1.97 bits per heavy atom. The molecular weight excluding hydrogens is 434 g/mol. The fraction of sp³-hybridized carbons (Fsp3) is 0.227. The van der Waals surface area contributed by atoms with Crippen molar-refractivity contribution in [2.75, 3.05) is 25.5 Å². The maximum absolute atomic E-state index is 12.6. The standard InChI is InChI=1S/C22H23N3O4S2/c1-3-29-22(28)19-16(17-8-5-9-30-17)13-31-21(19)24-18(26)12-25(2)11-14-6-4-7-15(10-14)20(23)27/h4-10,13H,3,11-12H2,1-2H3,(H2,23,27)(H,24,26). The van der Waals surface area contributed by atoms with E-state index in [9.17, 15) is 14.4 Å². The van der Waals surface area contributed by atoms with Crippen LogP contribution in [0.2, 0.25) is 0 Å². The van der Waals surface area contributed by atoms with Gasteiger partial charge in [0.15, 0.2) is 0 Å². The summed E-state index contributed by atoms with van der Waals surface area (Å²) in [5.41, 5.74) is 7.75. The van der Waals surface area contributed by atoms with E-state index in [1.165, 1.54) is 22.7 Å². The Labute approximate surface area is 188 Å². The highest BCUT2D eigenvalue weighted by molar-refractivity contribution is 7.17. The van der Waals surface area contributed by atoms with Crippen molar-refractivity contribution in [3.8, 4) is 10.4 Å². The number of anilines is 1. The van der Waals surface area contributed by atoms with Gasteiger partial charge in [0.05, 0.1) is 13.2 Å². The second kappa shape index (κ2) is 10.3. The van der Waals surface area contributed by atoms with Gasteiger partial charge >= 0.3 is 5.97 Å². The minimum atomic E-state index is -0.493. The Kier molecular flexibility index (Phi) is 7.56. The van der Waals surface area contributed by atoms with Gasteiger partial charge in [0.25, 0.3) is 0 Å². The van der Waals surface area contributed by atoms with Gasteiger partial charge in [0, 0.05) is 27.9 Å². The van der Waals surface area contributed by atoms with Crippen molar-refractivity contribution in [3.05, 3.63) is 63.8 Å². The van der Waals surface area contributed by atoms with Crippen molar-refractivity contribution in [1.29, 1.82) is 0 Å². The van der Waals surface area contributed by atoms with E-state index in [1.807, 2.05) is 33.9 Å². The molecule has 0 saturated carbocycles. The van der Waals surface area contributed by atoms with Crippen molar-refractivity contribution >= 4 is 45.5 Å². The summed E-state index contributed by atoms with van der Waals surface area (Å²) in [5, 5.41) is 7.10. The Bertz CT molecular complexity index is 1080. The number of rotatable bonds is 9. The van der Waals surface area contributed by atoms with Crippen LogP contribution in [0.25, 0.3) is 10.4 Å². The Balaban J connectivity index is 1.70. The van der Waals surface area contributed by atoms with Gasteiger partial charge in [-0.1, -0.05) is 18.2 Å². The third kappa shape index (κ3) is 5.78. The second-order valence-electron chi connectivity index (χ2n) is 6.84. The van der Waals surface area contributed by atoms with Crippen molar-refractivity contribution in [2.45, 2.75) is 13.5 Å². The number of nitrogens with one attached hydrogen (secondary N) is 1. The zero-order valence-corrected chi connectivity index (χ0v) is 18.8. The lowest BCUT2D eigenvalue weighted by Crippen LogP contribution is -2.30. The van der Waals surface area contributed by atoms with Gasteiger partial charge in [-0.2, -0.15) is 0 Å². The number of amides is 2. The molecule has 3 rings (SSSR count). The van der Waals surface area contributed by atoms with Crippen LogP contribution in [-0.2, 0) is 16.1 Å². The van der Waals surface area contributed by atoms with E-state index in [0.717, 1.165) is 16.0 Å². The molecule has 2 heterocycles. The Hall–Kier alpha value is -3.01. The summed E-state index contributed by atoms with van der Waals surface area (Å²) in [4.78, 5) is 39.3. The first kappa shape index (κ1) is 22.7. The molecule has 0 aliphatic rings. The summed E-state index contributed by atoms with van der Waals surface area (Å²) in [6.07, 6.45) is 0. The minimum Gasteiger partial charge on any atom is -0.462 e. The highest BCUT2D eigenvalue weighted by atomic mass is 32.1. The molecule has 0 spiro atoms. The van der Waals surface area contributed by atoms with Crippen LogP contribution >= 0.6 is 22.7 Å². The maximum atomic E-state index is 12.6. The predicted molar refractivity (Wildman–Crippen MR) is 124 cm³/mol. The van der Waals surface area contributed by atoms with E-state index in [-0.39, 0.29) is 19.1 Å². The normalized spacial score (nSPS) is 10.8. The zero-order valence-electron chi connectivity index (χ0n) is 17.2. The zero-order chi connectivity index (χ0) is 22.4. The van der Waals surface area contributed by atoms with Crippen LogP contribution in [0.1, 0.15) is 33.2 Å². The molecule has 0 saturated heterocycles. The summed E-state index contributed by atoms with van der Waals surface area (Å²) < 4.78 is 5.21. The number of hydrogen-bond donors (Lipinski definition) is 2. The number of ether oxygens (including phenoxy) is 1. The third-order valence-corrected chi connectivity index (χ3v) is 6.19. The van der Waals surface area contributed by atoms with Gasteiger partial charge < -0.3 is 15.8 Å². The molecule has 31 heavy (non-hydrogen) atoms. The summed E-state index contributed by atoms with van der Waals surface area (Å²) in [7, 11) is 1.80. The van der Waals surface area contributed by atoms with Gasteiger partial charge in [-0.25, -0.2) is 4.79 Å². The smallest absolute Gasteiger partial charge is 0.341 e. The first-order chi connectivity index (χ1) is 14.9. The number of thiophene rings is 2. The average Bonchev–Trinajstić information content (AvgIpc) is 3.37. The van der Waals surface area contributed by atoms with Crippen molar-refractivity contribution in [3.63, 3.8) is 0 Å². The van der Waals surface area contributed by atoms with Crippen LogP contribution in [0.5, 0.6) is 0 Å². The van der Waals surface area contributed by atoms with E-state index < -0.39 is 11.9 Å². The number of primary amides is 1. The number of hydrogen-bond acceptors (Lipinski definition) is 7. The number of benzene rings is 1. The molecule has 162 valence electrons. The minimum absolute atomic E-state index is 0.106. The number of carbonyl (C=O) groups is 3. The van der Waals surface area contributed by atoms with Crippen molar-refractivity contribution < 1.29 is 19.1 Å². The first-order valence-corrected chi connectivity index (χ1v) is 11.3. The lowest BCUT2D eigenvalue weighted by molar-refractivity contribution is -0.117. The van der Waals surface area contributed by atoms with Crippen molar-refractivity contribution in [2.24, 2.45) is 5.73 Å². The number of nitrogens with two attached hydrogens (primary N) is 1. The lowest BCUT2D eigenvalue weighted by Gasteiger charge is -2.17. The molecule has 0 bridgehead atoms. The van der Waals surface area contributed by atoms with E-state index in [2.05, 4.69) is 5.32 Å². The van der Waals surface area contributed by atoms with Gasteiger partial charge in [-0.15, -0.1) is 22.7 Å². The quantitative estimate of drug-likeness (QED) is 0.476. The van der Waals surface area contributed by atoms with Crippen LogP contribution in [0.3, 0.4) is 0 Å². The van der Waals surface area contributed by atoms with Crippen LogP contribution in [-0.4, -0.2) is 42.9 Å². The summed E-state index contributed by atoms with van der Waals surface area (Å²) in [6, 6.07) is 10.8. The number of carbonyl (C=O) groups excluding carboxylic acids is 3. The predicted octanol–water partition coefficient (Wildman–Crippen LogP) is 3.82. The Morgan fingerprint density at radius 1 is 1.16 bits per heavy atom. The molecule has 3 aromatic rings. The third-order valence-electron chi connectivity index (χ3n) is 4.39. The summed E-state index contributed by atoms with van der Waals surface area (Å²) in [6.45, 7) is 2.56. The highest BCUT2D eigenvalue weighted by Gasteiger charge is 2.23. The van der Waals surface area contributed by atoms with E-state index in [1.54, 1.807) is 32.2 Å². The highest BCUT2D eigenvalue weighted by Crippen LogP contribution is 2.38. The fourth-order valence-corrected chi connectivity index (χ4v) is 4.86.